The van der Waals surface area contributed by atoms with Crippen molar-refractivity contribution >= 4 is 60.7 Å². The van der Waals surface area contributed by atoms with Crippen LogP contribution in [0.3, 0.4) is 0 Å². The van der Waals surface area contributed by atoms with Crippen molar-refractivity contribution in [1.29, 1.82) is 0 Å². The van der Waals surface area contributed by atoms with Gasteiger partial charge in [-0.25, -0.2) is 0 Å². The minimum Gasteiger partial charge on any atom is -0.399 e. The average molecular weight is 404 g/mol. The van der Waals surface area contributed by atoms with Crippen LogP contribution in [-0.2, 0) is 0 Å². The van der Waals surface area contributed by atoms with E-state index in [1.165, 1.54) is 0 Å². The van der Waals surface area contributed by atoms with Crippen LogP contribution in [0.2, 0.25) is 5.02 Å². The number of anilines is 2. The third-order valence-corrected chi connectivity index (χ3v) is 3.93. The molecule has 1 amide bonds. The van der Waals surface area contributed by atoms with Gasteiger partial charge in [0.2, 0.25) is 0 Å². The third kappa shape index (κ3) is 3.49. The monoisotopic (exact) mass is 402 g/mol. The van der Waals surface area contributed by atoms with E-state index in [1.807, 2.05) is 6.07 Å². The molecule has 0 aliphatic heterocycles. The molecule has 0 aromatic heterocycles. The number of benzene rings is 2. The summed E-state index contributed by atoms with van der Waals surface area (Å²) < 4.78 is 1.52. The van der Waals surface area contributed by atoms with E-state index in [-0.39, 0.29) is 5.91 Å². The largest absolute Gasteiger partial charge is 0.399 e. The molecule has 2 aromatic carbocycles. The lowest BCUT2D eigenvalue weighted by atomic mass is 10.2. The van der Waals surface area contributed by atoms with E-state index in [1.54, 1.807) is 30.3 Å². The van der Waals surface area contributed by atoms with Gasteiger partial charge in [0.1, 0.15) is 0 Å². The van der Waals surface area contributed by atoms with Gasteiger partial charge in [0.05, 0.1) is 16.3 Å². The zero-order valence-corrected chi connectivity index (χ0v) is 13.5. The van der Waals surface area contributed by atoms with Gasteiger partial charge in [0, 0.05) is 14.6 Å². The number of nitrogens with two attached hydrogens (primary N) is 1. The maximum Gasteiger partial charge on any atom is 0.256 e. The molecule has 0 atom stereocenters. The van der Waals surface area contributed by atoms with E-state index < -0.39 is 0 Å². The maximum atomic E-state index is 12.2. The lowest BCUT2D eigenvalue weighted by Gasteiger charge is -2.09. The summed E-state index contributed by atoms with van der Waals surface area (Å²) in [6.07, 6.45) is 0. The fraction of sp³-hybridized carbons (Fsp3) is 0. The first-order valence-corrected chi connectivity index (χ1v) is 7.25. The number of carbonyl (C=O) groups is 1. The number of amides is 1. The summed E-state index contributed by atoms with van der Waals surface area (Å²) in [5.41, 5.74) is 7.20. The molecule has 0 saturated heterocycles. The van der Waals surface area contributed by atoms with Crippen molar-refractivity contribution < 1.29 is 4.79 Å². The van der Waals surface area contributed by atoms with Crippen molar-refractivity contribution in [3.05, 3.63) is 55.9 Å². The molecule has 0 radical (unpaired) electrons. The summed E-state index contributed by atoms with van der Waals surface area (Å²) in [5.74, 6) is -0.263. The normalized spacial score (nSPS) is 10.3. The molecule has 0 aliphatic carbocycles. The summed E-state index contributed by atoms with van der Waals surface area (Å²) in [5, 5.41) is 3.17. The molecule has 2 rings (SSSR count). The zero-order valence-electron chi connectivity index (χ0n) is 9.58. The molecule has 0 heterocycles. The van der Waals surface area contributed by atoms with Crippen LogP contribution in [0.4, 0.5) is 11.4 Å². The highest BCUT2D eigenvalue weighted by Crippen LogP contribution is 2.27. The highest BCUT2D eigenvalue weighted by molar-refractivity contribution is 9.11. The molecule has 0 saturated carbocycles. The molecule has 0 aliphatic rings. The van der Waals surface area contributed by atoms with Crippen LogP contribution in [-0.4, -0.2) is 5.91 Å². The van der Waals surface area contributed by atoms with E-state index in [0.29, 0.717) is 26.4 Å². The molecule has 0 bridgehead atoms. The maximum absolute atomic E-state index is 12.2. The average Bonchev–Trinajstić information content (AvgIpc) is 2.36. The van der Waals surface area contributed by atoms with Gasteiger partial charge in [0.25, 0.3) is 5.91 Å². The topological polar surface area (TPSA) is 55.1 Å². The number of hydrogen-bond acceptors (Lipinski definition) is 2. The second-order valence-corrected chi connectivity index (χ2v) is 5.99. The predicted octanol–water partition coefficient (Wildman–Crippen LogP) is 4.70. The lowest BCUT2D eigenvalue weighted by Crippen LogP contribution is -2.13. The summed E-state index contributed by atoms with van der Waals surface area (Å²) in [6.45, 7) is 0. The molecule has 19 heavy (non-hydrogen) atoms. The zero-order chi connectivity index (χ0) is 14.0. The molecule has 0 fully saturated rings. The smallest absolute Gasteiger partial charge is 0.256 e. The summed E-state index contributed by atoms with van der Waals surface area (Å²) in [6, 6.07) is 10.3. The van der Waals surface area contributed by atoms with Crippen molar-refractivity contribution in [2.24, 2.45) is 0 Å². The Hall–Kier alpha value is -1.04. The fourth-order valence-corrected chi connectivity index (χ4v) is 2.45. The molecule has 98 valence electrons. The SMILES string of the molecule is Nc1ccc(Cl)c(NC(=O)c2cc(Br)ccc2Br)c1. The predicted molar refractivity (Wildman–Crippen MR) is 85.7 cm³/mol. The Labute approximate surface area is 132 Å². The molecular weight excluding hydrogens is 395 g/mol. The first kappa shape index (κ1) is 14.4. The highest BCUT2D eigenvalue weighted by Gasteiger charge is 2.12. The van der Waals surface area contributed by atoms with Crippen molar-refractivity contribution in [1.82, 2.24) is 0 Å². The van der Waals surface area contributed by atoms with Crippen molar-refractivity contribution in [3.63, 3.8) is 0 Å². The second-order valence-electron chi connectivity index (χ2n) is 3.82. The van der Waals surface area contributed by atoms with Gasteiger partial charge in [-0.3, -0.25) is 4.79 Å². The van der Waals surface area contributed by atoms with Crippen LogP contribution < -0.4 is 11.1 Å². The quantitative estimate of drug-likeness (QED) is 0.713. The molecule has 3 nitrogen and oxygen atoms in total. The summed E-state index contributed by atoms with van der Waals surface area (Å²) >= 11 is 12.7. The van der Waals surface area contributed by atoms with Crippen LogP contribution in [0, 0.1) is 0 Å². The first-order valence-electron chi connectivity index (χ1n) is 5.29. The molecule has 3 N–H and O–H groups in total. The van der Waals surface area contributed by atoms with Crippen LogP contribution in [0.5, 0.6) is 0 Å². The Morgan fingerprint density at radius 2 is 1.89 bits per heavy atom. The molecule has 0 spiro atoms. The van der Waals surface area contributed by atoms with Crippen LogP contribution in [0.1, 0.15) is 10.4 Å². The number of halogens is 3. The van der Waals surface area contributed by atoms with Crippen molar-refractivity contribution in [2.45, 2.75) is 0 Å². The first-order chi connectivity index (χ1) is 8.97. The Kier molecular flexibility index (Phi) is 4.50. The van der Waals surface area contributed by atoms with Crippen LogP contribution >= 0.6 is 43.5 Å². The second kappa shape index (κ2) is 5.94. The van der Waals surface area contributed by atoms with Gasteiger partial charge < -0.3 is 11.1 Å². The molecule has 0 unspecified atom stereocenters. The van der Waals surface area contributed by atoms with Gasteiger partial charge in [-0.15, -0.1) is 0 Å². The third-order valence-electron chi connectivity index (χ3n) is 2.41. The van der Waals surface area contributed by atoms with Crippen molar-refractivity contribution in [3.8, 4) is 0 Å². The minimum atomic E-state index is -0.263. The van der Waals surface area contributed by atoms with Gasteiger partial charge in [-0.1, -0.05) is 27.5 Å². The Bertz CT molecular complexity index is 647. The number of nitrogens with one attached hydrogen (secondary N) is 1. The Morgan fingerprint density at radius 3 is 2.63 bits per heavy atom. The van der Waals surface area contributed by atoms with Gasteiger partial charge >= 0.3 is 0 Å². The van der Waals surface area contributed by atoms with Gasteiger partial charge in [-0.05, 0) is 52.3 Å². The van der Waals surface area contributed by atoms with Crippen LogP contribution in [0.15, 0.2) is 45.3 Å². The summed E-state index contributed by atoms with van der Waals surface area (Å²) in [4.78, 5) is 12.2. The van der Waals surface area contributed by atoms with Crippen molar-refractivity contribution in [2.75, 3.05) is 11.1 Å². The van der Waals surface area contributed by atoms with Crippen LogP contribution in [0.25, 0.3) is 0 Å². The number of nitrogen functional groups attached to an aromatic ring is 1. The van der Waals surface area contributed by atoms with Gasteiger partial charge in [0.15, 0.2) is 0 Å². The number of hydrogen-bond donors (Lipinski definition) is 2. The number of carbonyl (C=O) groups excluding carboxylic acids is 1. The lowest BCUT2D eigenvalue weighted by molar-refractivity contribution is 0.102. The summed E-state index contributed by atoms with van der Waals surface area (Å²) in [7, 11) is 0. The highest BCUT2D eigenvalue weighted by atomic mass is 79.9. The fourth-order valence-electron chi connectivity index (χ4n) is 1.50. The van der Waals surface area contributed by atoms with E-state index in [0.717, 1.165) is 4.47 Å². The van der Waals surface area contributed by atoms with Gasteiger partial charge in [-0.2, -0.15) is 0 Å². The molecule has 2 aromatic rings. The molecule has 6 heteroatoms. The van der Waals surface area contributed by atoms with E-state index in [4.69, 9.17) is 17.3 Å². The van der Waals surface area contributed by atoms with E-state index in [2.05, 4.69) is 37.2 Å². The standard InChI is InChI=1S/C13H9Br2ClN2O/c14-7-1-3-10(15)9(5-7)13(19)18-12-6-8(17)2-4-11(12)16/h1-6H,17H2,(H,18,19). The van der Waals surface area contributed by atoms with E-state index >= 15 is 0 Å². The number of rotatable bonds is 2. The Balaban J connectivity index is 2.30. The van der Waals surface area contributed by atoms with E-state index in [9.17, 15) is 4.79 Å². The Morgan fingerprint density at radius 1 is 1.16 bits per heavy atom. The minimum absolute atomic E-state index is 0.263. The molecular formula is C13H9Br2ClN2O.